The van der Waals surface area contributed by atoms with E-state index in [0.29, 0.717) is 30.9 Å². The molecule has 23 heavy (non-hydrogen) atoms. The van der Waals surface area contributed by atoms with Crippen LogP contribution in [0.25, 0.3) is 11.0 Å². The summed E-state index contributed by atoms with van der Waals surface area (Å²) in [6.07, 6.45) is 2.27. The molecular formula is C18H19NO4. The Labute approximate surface area is 134 Å². The molecule has 2 fully saturated rings. The van der Waals surface area contributed by atoms with Crippen LogP contribution in [0.15, 0.2) is 28.7 Å². The SMILES string of the molecule is Cc1c(C(=O)N2CCC3(CCCO3)C(=O)C2)oc2ccccc12. The van der Waals surface area contributed by atoms with Crippen molar-refractivity contribution in [1.29, 1.82) is 0 Å². The second kappa shape index (κ2) is 5.20. The largest absolute Gasteiger partial charge is 0.451 e. The highest BCUT2D eigenvalue weighted by molar-refractivity contribution is 6.02. The van der Waals surface area contributed by atoms with Gasteiger partial charge in [0.2, 0.25) is 0 Å². The fourth-order valence-electron chi connectivity index (χ4n) is 3.66. The summed E-state index contributed by atoms with van der Waals surface area (Å²) in [5, 5.41) is 0.940. The lowest BCUT2D eigenvalue weighted by Gasteiger charge is -2.36. The van der Waals surface area contributed by atoms with Crippen LogP contribution < -0.4 is 0 Å². The van der Waals surface area contributed by atoms with Gasteiger partial charge in [0.05, 0.1) is 6.54 Å². The smallest absolute Gasteiger partial charge is 0.290 e. The van der Waals surface area contributed by atoms with Crippen LogP contribution in [0.5, 0.6) is 0 Å². The molecule has 1 aromatic carbocycles. The number of amides is 1. The molecule has 2 aliphatic heterocycles. The zero-order valence-electron chi connectivity index (χ0n) is 13.1. The van der Waals surface area contributed by atoms with Crippen molar-refractivity contribution in [3.05, 3.63) is 35.6 Å². The molecule has 4 rings (SSSR count). The highest BCUT2D eigenvalue weighted by atomic mass is 16.5. The number of likely N-dealkylation sites (tertiary alicyclic amines) is 1. The fourth-order valence-corrected chi connectivity index (χ4v) is 3.66. The molecule has 1 aromatic heterocycles. The van der Waals surface area contributed by atoms with Gasteiger partial charge in [0.15, 0.2) is 11.5 Å². The van der Waals surface area contributed by atoms with Crippen LogP contribution in [0.2, 0.25) is 0 Å². The van der Waals surface area contributed by atoms with E-state index in [2.05, 4.69) is 0 Å². The number of nitrogens with zero attached hydrogens (tertiary/aromatic N) is 1. The minimum absolute atomic E-state index is 0.0170. The maximum atomic E-state index is 12.8. The molecule has 0 N–H and O–H groups in total. The first-order chi connectivity index (χ1) is 11.1. The van der Waals surface area contributed by atoms with Crippen molar-refractivity contribution in [1.82, 2.24) is 4.90 Å². The van der Waals surface area contributed by atoms with Gasteiger partial charge in [0, 0.05) is 30.5 Å². The van der Waals surface area contributed by atoms with E-state index >= 15 is 0 Å². The molecule has 1 atom stereocenters. The highest BCUT2D eigenvalue weighted by Gasteiger charge is 2.46. The lowest BCUT2D eigenvalue weighted by atomic mass is 9.87. The average molecular weight is 313 g/mol. The Kier molecular flexibility index (Phi) is 3.27. The predicted octanol–water partition coefficient (Wildman–Crippen LogP) is 2.71. The molecule has 1 amide bonds. The van der Waals surface area contributed by atoms with Crippen LogP contribution >= 0.6 is 0 Å². The number of hydrogen-bond donors (Lipinski definition) is 0. The summed E-state index contributed by atoms with van der Waals surface area (Å²) >= 11 is 0. The Morgan fingerprint density at radius 3 is 2.78 bits per heavy atom. The van der Waals surface area contributed by atoms with E-state index in [-0.39, 0.29) is 18.2 Å². The zero-order chi connectivity index (χ0) is 16.0. The van der Waals surface area contributed by atoms with Gasteiger partial charge < -0.3 is 14.1 Å². The Balaban J connectivity index is 1.59. The van der Waals surface area contributed by atoms with Crippen molar-refractivity contribution in [3.8, 4) is 0 Å². The summed E-state index contributed by atoms with van der Waals surface area (Å²) in [6.45, 7) is 3.16. The van der Waals surface area contributed by atoms with E-state index in [1.165, 1.54) is 0 Å². The summed E-state index contributed by atoms with van der Waals surface area (Å²) in [5.41, 5.74) is 0.891. The van der Waals surface area contributed by atoms with Crippen LogP contribution in [-0.2, 0) is 9.53 Å². The molecule has 120 valence electrons. The van der Waals surface area contributed by atoms with Gasteiger partial charge in [0.25, 0.3) is 5.91 Å². The third kappa shape index (κ3) is 2.18. The number of hydrogen-bond acceptors (Lipinski definition) is 4. The molecule has 5 heteroatoms. The molecular weight excluding hydrogens is 294 g/mol. The van der Waals surface area contributed by atoms with Gasteiger partial charge in [-0.15, -0.1) is 0 Å². The van der Waals surface area contributed by atoms with Gasteiger partial charge >= 0.3 is 0 Å². The maximum absolute atomic E-state index is 12.8. The molecule has 0 bridgehead atoms. The highest BCUT2D eigenvalue weighted by Crippen LogP contribution is 2.34. The van der Waals surface area contributed by atoms with Gasteiger partial charge in [-0.3, -0.25) is 9.59 Å². The van der Waals surface area contributed by atoms with Crippen LogP contribution in [0.1, 0.15) is 35.4 Å². The van der Waals surface area contributed by atoms with E-state index in [1.54, 1.807) is 4.90 Å². The second-order valence-corrected chi connectivity index (χ2v) is 6.40. The van der Waals surface area contributed by atoms with Crippen LogP contribution in [0, 0.1) is 6.92 Å². The standard InChI is InChI=1S/C18H19NO4/c1-12-13-5-2-3-6-14(13)23-16(12)17(21)19-9-8-18(15(20)11-19)7-4-10-22-18/h2-3,5-6H,4,7-11H2,1H3. The Bertz CT molecular complexity index is 785. The lowest BCUT2D eigenvalue weighted by molar-refractivity contribution is -0.144. The molecule has 0 radical (unpaired) electrons. The molecule has 2 aromatic rings. The van der Waals surface area contributed by atoms with Gasteiger partial charge in [-0.1, -0.05) is 18.2 Å². The zero-order valence-corrected chi connectivity index (χ0v) is 13.1. The van der Waals surface area contributed by atoms with Crippen LogP contribution in [0.4, 0.5) is 0 Å². The number of fused-ring (bicyclic) bond motifs is 1. The van der Waals surface area contributed by atoms with Crippen molar-refractivity contribution >= 4 is 22.7 Å². The Hall–Kier alpha value is -2.14. The Morgan fingerprint density at radius 1 is 1.26 bits per heavy atom. The third-order valence-electron chi connectivity index (χ3n) is 5.06. The number of para-hydroxylation sites is 1. The van der Waals surface area contributed by atoms with Gasteiger partial charge in [-0.05, 0) is 25.8 Å². The van der Waals surface area contributed by atoms with Gasteiger partial charge in [-0.2, -0.15) is 0 Å². The number of rotatable bonds is 1. The first-order valence-electron chi connectivity index (χ1n) is 8.05. The third-order valence-corrected chi connectivity index (χ3v) is 5.06. The number of aryl methyl sites for hydroxylation is 1. The first-order valence-corrected chi connectivity index (χ1v) is 8.05. The fraction of sp³-hybridized carbons (Fsp3) is 0.444. The number of piperidine rings is 1. The van der Waals surface area contributed by atoms with E-state index < -0.39 is 5.60 Å². The quantitative estimate of drug-likeness (QED) is 0.812. The number of furan rings is 1. The topological polar surface area (TPSA) is 59.8 Å². The molecule has 5 nitrogen and oxygen atoms in total. The lowest BCUT2D eigenvalue weighted by Crippen LogP contribution is -2.53. The monoisotopic (exact) mass is 313 g/mol. The summed E-state index contributed by atoms with van der Waals surface area (Å²) < 4.78 is 11.4. The van der Waals surface area contributed by atoms with E-state index in [9.17, 15) is 9.59 Å². The van der Waals surface area contributed by atoms with Crippen LogP contribution in [0.3, 0.4) is 0 Å². The van der Waals surface area contributed by atoms with Gasteiger partial charge in [0.1, 0.15) is 11.2 Å². The molecule has 1 spiro atoms. The predicted molar refractivity (Wildman–Crippen MR) is 84.4 cm³/mol. The average Bonchev–Trinajstić information content (AvgIpc) is 3.16. The molecule has 0 aliphatic carbocycles. The molecule has 0 saturated carbocycles. The molecule has 2 saturated heterocycles. The summed E-state index contributed by atoms with van der Waals surface area (Å²) in [6, 6.07) is 7.59. The summed E-state index contributed by atoms with van der Waals surface area (Å²) in [7, 11) is 0. The van der Waals surface area contributed by atoms with E-state index in [0.717, 1.165) is 23.8 Å². The van der Waals surface area contributed by atoms with Crippen molar-refractivity contribution in [3.63, 3.8) is 0 Å². The number of carbonyl (C=O) groups is 2. The number of ether oxygens (including phenoxy) is 1. The number of ketones is 1. The first kappa shape index (κ1) is 14.5. The van der Waals surface area contributed by atoms with Crippen molar-refractivity contribution in [2.24, 2.45) is 0 Å². The second-order valence-electron chi connectivity index (χ2n) is 6.40. The maximum Gasteiger partial charge on any atom is 0.290 e. The minimum atomic E-state index is -0.639. The number of Topliss-reactive ketones (excluding diaryl/α,β-unsaturated/α-hetero) is 1. The molecule has 3 heterocycles. The van der Waals surface area contributed by atoms with Crippen molar-refractivity contribution in [2.75, 3.05) is 19.7 Å². The van der Waals surface area contributed by atoms with Gasteiger partial charge in [-0.25, -0.2) is 0 Å². The Morgan fingerprint density at radius 2 is 2.09 bits per heavy atom. The van der Waals surface area contributed by atoms with Crippen LogP contribution in [-0.4, -0.2) is 41.9 Å². The van der Waals surface area contributed by atoms with E-state index in [1.807, 2.05) is 31.2 Å². The summed E-state index contributed by atoms with van der Waals surface area (Å²) in [5.74, 6) is 0.144. The summed E-state index contributed by atoms with van der Waals surface area (Å²) in [4.78, 5) is 26.8. The number of benzene rings is 1. The normalized spacial score (nSPS) is 24.7. The van der Waals surface area contributed by atoms with Crippen molar-refractivity contribution < 1.29 is 18.7 Å². The van der Waals surface area contributed by atoms with Crippen molar-refractivity contribution in [2.45, 2.75) is 31.8 Å². The minimum Gasteiger partial charge on any atom is -0.451 e. The molecule has 1 unspecified atom stereocenters. The molecule has 2 aliphatic rings. The number of carbonyl (C=O) groups excluding carboxylic acids is 2. The van der Waals surface area contributed by atoms with E-state index in [4.69, 9.17) is 9.15 Å².